The van der Waals surface area contributed by atoms with E-state index in [2.05, 4.69) is 5.38 Å². The van der Waals surface area contributed by atoms with Crippen LogP contribution < -0.4 is 10.5 Å². The zero-order valence-electron chi connectivity index (χ0n) is 14.8. The van der Waals surface area contributed by atoms with Crippen molar-refractivity contribution in [1.82, 2.24) is 4.98 Å². The van der Waals surface area contributed by atoms with Crippen molar-refractivity contribution in [1.29, 1.82) is 0 Å². The molecule has 0 radical (unpaired) electrons. The number of thiazole rings is 1. The molecule has 0 atom stereocenters. The van der Waals surface area contributed by atoms with E-state index in [0.717, 1.165) is 44.6 Å². The third-order valence-electron chi connectivity index (χ3n) is 4.23. The number of aromatic nitrogens is 1. The molecule has 0 unspecified atom stereocenters. The average Bonchev–Trinajstić information content (AvgIpc) is 3.17. The lowest BCUT2D eigenvalue weighted by Gasteiger charge is -2.21. The normalized spacial score (nSPS) is 13.0. The maximum atomic E-state index is 11.2. The Bertz CT molecular complexity index is 1010. The number of nitrogens with two attached hydrogens (primary N) is 1. The third kappa shape index (κ3) is 4.33. The quantitative estimate of drug-likeness (QED) is 0.601. The molecule has 2 heterocycles. The highest BCUT2D eigenvalue weighted by atomic mass is 35.5. The van der Waals surface area contributed by atoms with Gasteiger partial charge in [-0.15, -0.1) is 11.3 Å². The van der Waals surface area contributed by atoms with Gasteiger partial charge in [0.25, 0.3) is 0 Å². The number of hydrogen-bond acceptors (Lipinski definition) is 6. The van der Waals surface area contributed by atoms with Crippen LogP contribution in [0.5, 0.6) is 5.75 Å². The number of fused-ring (bicyclic) bond motifs is 1. The van der Waals surface area contributed by atoms with Crippen LogP contribution in [0.3, 0.4) is 0 Å². The van der Waals surface area contributed by atoms with Crippen LogP contribution in [0.2, 0.25) is 5.02 Å². The fourth-order valence-corrected chi connectivity index (χ4v) is 5.00. The Balaban J connectivity index is 1.40. The molecule has 1 aliphatic rings. The first-order chi connectivity index (χ1) is 13.6. The number of benzene rings is 2. The first-order valence-corrected chi connectivity index (χ1v) is 11.0. The van der Waals surface area contributed by atoms with E-state index in [-0.39, 0.29) is 6.79 Å². The second-order valence-electron chi connectivity index (χ2n) is 6.24. The average molecular weight is 433 g/mol. The van der Waals surface area contributed by atoms with Crippen molar-refractivity contribution in [3.63, 3.8) is 0 Å². The van der Waals surface area contributed by atoms with Crippen LogP contribution in [0.1, 0.15) is 27.2 Å². The molecule has 144 valence electrons. The molecule has 28 heavy (non-hydrogen) atoms. The number of amides is 1. The number of rotatable bonds is 6. The molecule has 1 amide bonds. The van der Waals surface area contributed by atoms with Gasteiger partial charge in [0.2, 0.25) is 5.91 Å². The summed E-state index contributed by atoms with van der Waals surface area (Å²) in [5.74, 6) is 2.02. The van der Waals surface area contributed by atoms with Crippen LogP contribution in [0, 0.1) is 0 Å². The van der Waals surface area contributed by atoms with Crippen LogP contribution >= 0.6 is 34.7 Å². The van der Waals surface area contributed by atoms with Crippen LogP contribution in [-0.4, -0.2) is 17.7 Å². The van der Waals surface area contributed by atoms with Gasteiger partial charge in [-0.2, -0.15) is 11.8 Å². The Morgan fingerprint density at radius 1 is 1.25 bits per heavy atom. The van der Waals surface area contributed by atoms with Crippen LogP contribution in [-0.2, 0) is 22.8 Å². The van der Waals surface area contributed by atoms with Gasteiger partial charge in [0.05, 0.1) is 12.3 Å². The number of hydrogen-bond donors (Lipinski definition) is 1. The summed E-state index contributed by atoms with van der Waals surface area (Å²) in [6.45, 7) is 0.799. The van der Waals surface area contributed by atoms with E-state index >= 15 is 0 Å². The van der Waals surface area contributed by atoms with E-state index in [4.69, 9.17) is 31.8 Å². The van der Waals surface area contributed by atoms with Gasteiger partial charge in [0.15, 0.2) is 6.79 Å². The number of nitrogens with zero attached hydrogens (tertiary/aromatic N) is 1. The molecule has 0 bridgehead atoms. The maximum absolute atomic E-state index is 11.2. The number of primary amides is 1. The molecular weight excluding hydrogens is 416 g/mol. The van der Waals surface area contributed by atoms with Crippen molar-refractivity contribution in [2.45, 2.75) is 18.1 Å². The first kappa shape index (κ1) is 19.3. The van der Waals surface area contributed by atoms with Gasteiger partial charge in [-0.1, -0.05) is 23.7 Å². The molecule has 8 heteroatoms. The molecule has 0 saturated carbocycles. The molecule has 0 spiro atoms. The van der Waals surface area contributed by atoms with Gasteiger partial charge >= 0.3 is 0 Å². The number of thioether (sulfide) groups is 1. The summed E-state index contributed by atoms with van der Waals surface area (Å²) in [7, 11) is 0. The highest BCUT2D eigenvalue weighted by Gasteiger charge is 2.16. The molecular formula is C20H17ClN2O3S2. The van der Waals surface area contributed by atoms with Crippen molar-refractivity contribution in [2.24, 2.45) is 5.73 Å². The lowest BCUT2D eigenvalue weighted by Crippen LogP contribution is -2.12. The van der Waals surface area contributed by atoms with Crippen molar-refractivity contribution in [2.75, 3.05) is 6.79 Å². The Morgan fingerprint density at radius 3 is 2.86 bits per heavy atom. The minimum atomic E-state index is -0.429. The summed E-state index contributed by atoms with van der Waals surface area (Å²) in [6.07, 6.45) is 0. The largest absolute Gasteiger partial charge is 0.467 e. The van der Waals surface area contributed by atoms with Gasteiger partial charge < -0.3 is 15.2 Å². The van der Waals surface area contributed by atoms with E-state index in [1.165, 1.54) is 0 Å². The van der Waals surface area contributed by atoms with Crippen molar-refractivity contribution in [3.8, 4) is 16.3 Å². The molecule has 4 rings (SSSR count). The summed E-state index contributed by atoms with van der Waals surface area (Å²) in [5, 5.41) is 3.67. The topological polar surface area (TPSA) is 74.4 Å². The number of carbonyl (C=O) groups excluding carboxylic acids is 1. The molecule has 2 aromatic carbocycles. The van der Waals surface area contributed by atoms with E-state index in [9.17, 15) is 4.79 Å². The molecule has 2 N–H and O–H groups in total. The van der Waals surface area contributed by atoms with Gasteiger partial charge in [-0.05, 0) is 24.3 Å². The van der Waals surface area contributed by atoms with E-state index in [1.54, 1.807) is 35.2 Å². The Labute approximate surface area is 175 Å². The van der Waals surface area contributed by atoms with Crippen LogP contribution in [0.4, 0.5) is 0 Å². The molecule has 1 aliphatic heterocycles. The molecule has 0 saturated heterocycles. The summed E-state index contributed by atoms with van der Waals surface area (Å²) in [5.41, 5.74) is 9.84. The van der Waals surface area contributed by atoms with Gasteiger partial charge in [0, 0.05) is 44.2 Å². The van der Waals surface area contributed by atoms with Crippen LogP contribution in [0.15, 0.2) is 41.8 Å². The molecule has 0 fully saturated rings. The van der Waals surface area contributed by atoms with Crippen LogP contribution in [0.25, 0.3) is 10.6 Å². The second-order valence-corrected chi connectivity index (χ2v) is 8.52. The molecule has 1 aromatic heterocycles. The van der Waals surface area contributed by atoms with E-state index < -0.39 is 5.91 Å². The number of carbonyl (C=O) groups is 1. The Hall–Kier alpha value is -2.06. The Kier molecular flexibility index (Phi) is 5.87. The minimum absolute atomic E-state index is 0.274. The van der Waals surface area contributed by atoms with Crippen molar-refractivity contribution in [3.05, 3.63) is 69.2 Å². The lowest BCUT2D eigenvalue weighted by atomic mass is 10.1. The molecule has 5 nitrogen and oxygen atoms in total. The first-order valence-electron chi connectivity index (χ1n) is 8.54. The maximum Gasteiger partial charge on any atom is 0.248 e. The van der Waals surface area contributed by atoms with Gasteiger partial charge in [-0.3, -0.25) is 4.79 Å². The predicted octanol–water partition coefficient (Wildman–Crippen LogP) is 4.86. The summed E-state index contributed by atoms with van der Waals surface area (Å²) >= 11 is 9.56. The minimum Gasteiger partial charge on any atom is -0.467 e. The number of halogens is 1. The summed E-state index contributed by atoms with van der Waals surface area (Å²) in [4.78, 5) is 15.9. The van der Waals surface area contributed by atoms with Gasteiger partial charge in [-0.25, -0.2) is 4.98 Å². The SMILES string of the molecule is NC(=O)c1ccc(-c2nc(CSCc3cc(Cl)cc4c3OCOC4)cs2)cc1. The summed E-state index contributed by atoms with van der Waals surface area (Å²) in [6, 6.07) is 11.0. The Morgan fingerprint density at radius 2 is 2.07 bits per heavy atom. The van der Waals surface area contributed by atoms with Gasteiger partial charge in [0.1, 0.15) is 10.8 Å². The predicted molar refractivity (Wildman–Crippen MR) is 113 cm³/mol. The smallest absolute Gasteiger partial charge is 0.248 e. The molecule has 0 aliphatic carbocycles. The molecule has 3 aromatic rings. The van der Waals surface area contributed by atoms with Crippen molar-refractivity contribution < 1.29 is 14.3 Å². The fraction of sp³-hybridized carbons (Fsp3) is 0.200. The highest BCUT2D eigenvalue weighted by molar-refractivity contribution is 7.97. The number of ether oxygens (including phenoxy) is 2. The highest BCUT2D eigenvalue weighted by Crippen LogP contribution is 2.35. The monoisotopic (exact) mass is 432 g/mol. The van der Waals surface area contributed by atoms with E-state index in [0.29, 0.717) is 17.2 Å². The zero-order chi connectivity index (χ0) is 19.5. The van der Waals surface area contributed by atoms with Crippen molar-refractivity contribution >= 4 is 40.6 Å². The third-order valence-corrected chi connectivity index (χ3v) is 6.40. The van der Waals surface area contributed by atoms with E-state index in [1.807, 2.05) is 24.3 Å². The standard InChI is InChI=1S/C20H17ClN2O3S2/c21-16-5-14-7-25-11-26-18(14)15(6-16)8-27-9-17-10-28-20(23-17)13-3-1-12(2-4-13)19(22)24/h1-6,10H,7-9,11H2,(H2,22,24). The summed E-state index contributed by atoms with van der Waals surface area (Å²) < 4.78 is 11.0. The lowest BCUT2D eigenvalue weighted by molar-refractivity contribution is -0.0168. The fourth-order valence-electron chi connectivity index (χ4n) is 2.91. The zero-order valence-corrected chi connectivity index (χ0v) is 17.2. The second kappa shape index (κ2) is 8.53.